The van der Waals surface area contributed by atoms with Crippen LogP contribution in [0.5, 0.6) is 11.5 Å². The van der Waals surface area contributed by atoms with Crippen LogP contribution in [0, 0.1) is 0 Å². The van der Waals surface area contributed by atoms with Crippen LogP contribution in [0.3, 0.4) is 0 Å². The van der Waals surface area contributed by atoms with Gasteiger partial charge in [-0.15, -0.1) is 11.3 Å². The first-order valence-corrected chi connectivity index (χ1v) is 9.30. The van der Waals surface area contributed by atoms with Crippen LogP contribution in [0.1, 0.15) is 22.3 Å². The molecule has 0 saturated heterocycles. The van der Waals surface area contributed by atoms with E-state index in [9.17, 15) is 4.79 Å². The molecule has 0 radical (unpaired) electrons. The number of rotatable bonds is 7. The number of aromatic nitrogens is 1. The van der Waals surface area contributed by atoms with Gasteiger partial charge in [-0.25, -0.2) is 4.98 Å². The first kappa shape index (κ1) is 18.2. The Morgan fingerprint density at radius 2 is 1.92 bits per heavy atom. The van der Waals surface area contributed by atoms with Crippen molar-refractivity contribution in [2.75, 3.05) is 27.8 Å². The van der Waals surface area contributed by atoms with Gasteiger partial charge in [-0.2, -0.15) is 0 Å². The Morgan fingerprint density at radius 1 is 1.12 bits per heavy atom. The molecular weight excluding hydrogens is 348 g/mol. The highest BCUT2D eigenvalue weighted by atomic mass is 32.1. The second-order valence-electron chi connectivity index (χ2n) is 6.05. The van der Waals surface area contributed by atoms with Crippen molar-refractivity contribution in [2.45, 2.75) is 12.8 Å². The molecule has 26 heavy (non-hydrogen) atoms. The van der Waals surface area contributed by atoms with E-state index < -0.39 is 0 Å². The predicted octanol–water partition coefficient (Wildman–Crippen LogP) is 4.02. The van der Waals surface area contributed by atoms with E-state index in [2.05, 4.69) is 4.98 Å². The summed E-state index contributed by atoms with van der Waals surface area (Å²) in [5.74, 6) is 1.49. The molecule has 1 aromatic heterocycles. The number of benzene rings is 2. The Balaban J connectivity index is 1.58. The highest BCUT2D eigenvalue weighted by molar-refractivity contribution is 7.16. The number of fused-ring (bicyclic) bond motifs is 1. The van der Waals surface area contributed by atoms with Crippen LogP contribution in [-0.4, -0.2) is 43.6 Å². The first-order chi connectivity index (χ1) is 12.6. The van der Waals surface area contributed by atoms with Crippen molar-refractivity contribution in [1.82, 2.24) is 9.88 Å². The van der Waals surface area contributed by atoms with Gasteiger partial charge in [-0.05, 0) is 48.7 Å². The van der Waals surface area contributed by atoms with Gasteiger partial charge in [0.05, 0.1) is 29.9 Å². The Bertz CT molecular complexity index is 907. The van der Waals surface area contributed by atoms with Crippen LogP contribution in [-0.2, 0) is 6.42 Å². The number of amides is 1. The minimum absolute atomic E-state index is 0.0348. The topological polar surface area (TPSA) is 51.7 Å². The lowest BCUT2D eigenvalue weighted by Crippen LogP contribution is -2.28. The van der Waals surface area contributed by atoms with E-state index in [-0.39, 0.29) is 5.91 Å². The summed E-state index contributed by atoms with van der Waals surface area (Å²) in [6, 6.07) is 11.6. The molecular formula is C20H22N2O3S. The molecule has 0 spiro atoms. The molecule has 3 rings (SSSR count). The Kier molecular flexibility index (Phi) is 5.73. The summed E-state index contributed by atoms with van der Waals surface area (Å²) in [6.07, 6.45) is 1.74. The molecule has 5 nitrogen and oxygen atoms in total. The molecule has 0 aliphatic heterocycles. The van der Waals surface area contributed by atoms with Gasteiger partial charge in [0.25, 0.3) is 5.91 Å². The minimum atomic E-state index is 0.0348. The molecule has 0 aliphatic rings. The molecule has 1 amide bonds. The molecule has 3 aromatic rings. The molecule has 0 fully saturated rings. The Morgan fingerprint density at radius 3 is 2.69 bits per heavy atom. The summed E-state index contributed by atoms with van der Waals surface area (Å²) in [4.78, 5) is 18.6. The van der Waals surface area contributed by atoms with E-state index in [1.165, 1.54) is 0 Å². The number of nitrogens with zero attached hydrogens (tertiary/aromatic N) is 2. The third-order valence-corrected chi connectivity index (χ3v) is 5.12. The maximum atomic E-state index is 12.6. The Hall–Kier alpha value is -2.60. The van der Waals surface area contributed by atoms with Crippen molar-refractivity contribution in [3.63, 3.8) is 0 Å². The fourth-order valence-electron chi connectivity index (χ4n) is 2.87. The van der Waals surface area contributed by atoms with E-state index in [1.807, 2.05) is 43.4 Å². The third-order valence-electron chi connectivity index (χ3n) is 4.33. The molecule has 6 heteroatoms. The largest absolute Gasteiger partial charge is 0.493 e. The zero-order valence-corrected chi connectivity index (χ0v) is 16.0. The van der Waals surface area contributed by atoms with Gasteiger partial charge in [-0.1, -0.05) is 6.07 Å². The van der Waals surface area contributed by atoms with Crippen LogP contribution in [0.4, 0.5) is 0 Å². The highest BCUT2D eigenvalue weighted by Gasteiger charge is 2.13. The second-order valence-corrected chi connectivity index (χ2v) is 6.94. The van der Waals surface area contributed by atoms with Crippen molar-refractivity contribution in [3.8, 4) is 11.5 Å². The van der Waals surface area contributed by atoms with Gasteiger partial charge in [0, 0.05) is 19.2 Å². The van der Waals surface area contributed by atoms with E-state index in [0.29, 0.717) is 12.1 Å². The molecule has 1 heterocycles. The van der Waals surface area contributed by atoms with Crippen LogP contribution >= 0.6 is 11.3 Å². The molecule has 0 unspecified atom stereocenters. The third kappa shape index (κ3) is 3.96. The number of aryl methyl sites for hydroxylation is 1. The number of hydrogen-bond donors (Lipinski definition) is 0. The zero-order valence-electron chi connectivity index (χ0n) is 15.2. The average Bonchev–Trinajstić information content (AvgIpc) is 3.14. The molecule has 0 atom stereocenters. The normalized spacial score (nSPS) is 10.7. The van der Waals surface area contributed by atoms with E-state index in [1.54, 1.807) is 36.0 Å². The van der Waals surface area contributed by atoms with Crippen molar-refractivity contribution in [1.29, 1.82) is 0 Å². The lowest BCUT2D eigenvalue weighted by atomic mass is 10.1. The lowest BCUT2D eigenvalue weighted by molar-refractivity contribution is 0.0793. The van der Waals surface area contributed by atoms with Gasteiger partial charge in [0.1, 0.15) is 0 Å². The number of hydrogen-bond acceptors (Lipinski definition) is 5. The van der Waals surface area contributed by atoms with Crippen LogP contribution in [0.2, 0.25) is 0 Å². The molecule has 0 aliphatic carbocycles. The fourth-order valence-corrected chi connectivity index (χ4v) is 3.58. The Labute approximate surface area is 157 Å². The number of carbonyl (C=O) groups excluding carboxylic acids is 1. The van der Waals surface area contributed by atoms with Gasteiger partial charge < -0.3 is 14.4 Å². The number of thiazole rings is 1. The van der Waals surface area contributed by atoms with Crippen LogP contribution < -0.4 is 9.47 Å². The van der Waals surface area contributed by atoms with Gasteiger partial charge in [0.2, 0.25) is 0 Å². The molecule has 136 valence electrons. The van der Waals surface area contributed by atoms with Crippen molar-refractivity contribution < 1.29 is 14.3 Å². The maximum Gasteiger partial charge on any atom is 0.253 e. The highest BCUT2D eigenvalue weighted by Crippen LogP contribution is 2.28. The number of carbonyl (C=O) groups is 1. The quantitative estimate of drug-likeness (QED) is 0.630. The SMILES string of the molecule is COc1ccc(CCCN(C)C(=O)c2ccc3ncsc3c2)cc1OC. The summed E-state index contributed by atoms with van der Waals surface area (Å²) in [5.41, 5.74) is 4.60. The van der Waals surface area contributed by atoms with Crippen LogP contribution in [0.15, 0.2) is 41.9 Å². The minimum Gasteiger partial charge on any atom is -0.493 e. The average molecular weight is 370 g/mol. The van der Waals surface area contributed by atoms with Crippen molar-refractivity contribution in [2.24, 2.45) is 0 Å². The summed E-state index contributed by atoms with van der Waals surface area (Å²) in [6.45, 7) is 0.688. The monoisotopic (exact) mass is 370 g/mol. The number of ether oxygens (including phenoxy) is 2. The maximum absolute atomic E-state index is 12.6. The van der Waals surface area contributed by atoms with Crippen LogP contribution in [0.25, 0.3) is 10.2 Å². The summed E-state index contributed by atoms with van der Waals surface area (Å²) in [7, 11) is 5.10. The van der Waals surface area contributed by atoms with Gasteiger partial charge >= 0.3 is 0 Å². The zero-order chi connectivity index (χ0) is 18.5. The van der Waals surface area contributed by atoms with E-state index >= 15 is 0 Å². The number of methoxy groups -OCH3 is 2. The lowest BCUT2D eigenvalue weighted by Gasteiger charge is -2.17. The van der Waals surface area contributed by atoms with Crippen molar-refractivity contribution >= 4 is 27.5 Å². The van der Waals surface area contributed by atoms with Crippen molar-refractivity contribution in [3.05, 3.63) is 53.0 Å². The van der Waals surface area contributed by atoms with E-state index in [4.69, 9.17) is 9.47 Å². The first-order valence-electron chi connectivity index (χ1n) is 8.42. The second kappa shape index (κ2) is 8.19. The van der Waals surface area contributed by atoms with E-state index in [0.717, 1.165) is 40.1 Å². The molecule has 0 bridgehead atoms. The molecule has 2 aromatic carbocycles. The van der Waals surface area contributed by atoms with Gasteiger partial charge in [0.15, 0.2) is 11.5 Å². The standard InChI is InChI=1S/C20H22N2O3S/c1-22(20(23)15-7-8-16-19(12-15)26-13-21-16)10-4-5-14-6-9-17(24-2)18(11-14)25-3/h6-9,11-13H,4-5,10H2,1-3H3. The predicted molar refractivity (Wildman–Crippen MR) is 104 cm³/mol. The summed E-state index contributed by atoms with van der Waals surface area (Å²) < 4.78 is 11.6. The fraction of sp³-hybridized carbons (Fsp3) is 0.300. The molecule has 0 saturated carbocycles. The molecule has 0 N–H and O–H groups in total. The smallest absolute Gasteiger partial charge is 0.253 e. The summed E-state index contributed by atoms with van der Waals surface area (Å²) >= 11 is 1.55. The summed E-state index contributed by atoms with van der Waals surface area (Å²) in [5, 5.41) is 0. The van der Waals surface area contributed by atoms with Gasteiger partial charge in [-0.3, -0.25) is 4.79 Å².